The van der Waals surface area contributed by atoms with Crippen LogP contribution in [0.3, 0.4) is 0 Å². The van der Waals surface area contributed by atoms with Crippen LogP contribution in [0.2, 0.25) is 0 Å². The minimum Gasteiger partial charge on any atom is -0.340 e. The molecule has 0 fully saturated rings. The number of para-hydroxylation sites is 1. The highest BCUT2D eigenvalue weighted by molar-refractivity contribution is 8.11. The number of carbonyl (C=O) groups is 1. The van der Waals surface area contributed by atoms with E-state index in [-0.39, 0.29) is 10.2 Å². The van der Waals surface area contributed by atoms with Crippen LogP contribution in [0.15, 0.2) is 78.9 Å². The van der Waals surface area contributed by atoms with Gasteiger partial charge < -0.3 is 5.32 Å². The average Bonchev–Trinajstić information content (AvgIpc) is 2.78. The van der Waals surface area contributed by atoms with Crippen LogP contribution in [-0.4, -0.2) is 20.2 Å². The van der Waals surface area contributed by atoms with E-state index >= 15 is 0 Å². The summed E-state index contributed by atoms with van der Waals surface area (Å²) in [5, 5.41) is 4.25. The number of rotatable bonds is 4. The summed E-state index contributed by atoms with van der Waals surface area (Å²) in [7, 11) is 0. The average molecular weight is 432 g/mol. The van der Waals surface area contributed by atoms with E-state index in [4.69, 9.17) is 22.2 Å². The summed E-state index contributed by atoms with van der Waals surface area (Å²) < 4.78 is 0.187. The van der Waals surface area contributed by atoms with E-state index in [1.165, 1.54) is 0 Å². The Morgan fingerprint density at radius 2 is 1.53 bits per heavy atom. The summed E-state index contributed by atoms with van der Waals surface area (Å²) in [6, 6.07) is 24.7. The summed E-state index contributed by atoms with van der Waals surface area (Å²) in [6.45, 7) is 0. The molecule has 3 aromatic carbocycles. The maximum Gasteiger partial charge on any atom is 0.269 e. The SMILES string of the molecule is O=C(NNC(=S)S)c1ccc(Nc2nc(-c3ccccc3)nc3ccccc23)cc1. The quantitative estimate of drug-likeness (QED) is 0.217. The topological polar surface area (TPSA) is 78.9 Å². The van der Waals surface area contributed by atoms with Crippen molar-refractivity contribution in [1.82, 2.24) is 20.8 Å². The Morgan fingerprint density at radius 1 is 0.833 bits per heavy atom. The van der Waals surface area contributed by atoms with E-state index in [0.717, 1.165) is 22.2 Å². The molecule has 4 aromatic rings. The molecule has 148 valence electrons. The molecule has 0 spiro atoms. The van der Waals surface area contributed by atoms with Crippen molar-refractivity contribution in [3.63, 3.8) is 0 Å². The molecular weight excluding hydrogens is 414 g/mol. The normalized spacial score (nSPS) is 10.4. The first-order chi connectivity index (χ1) is 14.6. The van der Waals surface area contributed by atoms with Gasteiger partial charge in [-0.25, -0.2) is 9.97 Å². The molecule has 30 heavy (non-hydrogen) atoms. The third kappa shape index (κ3) is 4.56. The van der Waals surface area contributed by atoms with E-state index in [0.29, 0.717) is 17.2 Å². The van der Waals surface area contributed by atoms with Crippen LogP contribution in [-0.2, 0) is 0 Å². The van der Waals surface area contributed by atoms with Crippen LogP contribution < -0.4 is 16.2 Å². The number of hydrazine groups is 1. The van der Waals surface area contributed by atoms with E-state index in [9.17, 15) is 4.79 Å². The molecule has 3 N–H and O–H groups in total. The number of hydrogen-bond acceptors (Lipinski definition) is 5. The Kier molecular flexibility index (Phi) is 5.87. The standard InChI is InChI=1S/C22H17N5OS2/c28-21(26-27-22(29)30)15-10-12-16(13-11-15)23-20-17-8-4-5-9-18(17)24-19(25-20)14-6-2-1-3-7-14/h1-13H,(H,26,28)(H,23,24,25)(H2,27,29,30). The number of amides is 1. The molecule has 0 saturated carbocycles. The summed E-state index contributed by atoms with van der Waals surface area (Å²) in [4.78, 5) is 21.5. The molecule has 0 bridgehead atoms. The number of carbonyl (C=O) groups excluding carboxylic acids is 1. The van der Waals surface area contributed by atoms with E-state index < -0.39 is 0 Å². The van der Waals surface area contributed by atoms with Gasteiger partial charge >= 0.3 is 0 Å². The second-order valence-corrected chi connectivity index (χ2v) is 7.52. The lowest BCUT2D eigenvalue weighted by molar-refractivity contribution is 0.0944. The van der Waals surface area contributed by atoms with Crippen molar-refractivity contribution < 1.29 is 4.79 Å². The maximum absolute atomic E-state index is 12.1. The molecule has 1 heterocycles. The molecule has 0 saturated heterocycles. The number of nitrogens with one attached hydrogen (secondary N) is 3. The Morgan fingerprint density at radius 3 is 2.27 bits per heavy atom. The molecule has 0 aliphatic rings. The van der Waals surface area contributed by atoms with E-state index in [1.807, 2.05) is 66.7 Å². The Balaban J connectivity index is 1.63. The van der Waals surface area contributed by atoms with Gasteiger partial charge in [-0.2, -0.15) is 0 Å². The third-order valence-electron chi connectivity index (χ3n) is 4.33. The monoisotopic (exact) mass is 431 g/mol. The van der Waals surface area contributed by atoms with Crippen molar-refractivity contribution in [3.05, 3.63) is 84.4 Å². The number of thiocarbonyl (C=S) groups is 1. The Labute approximate surface area is 184 Å². The smallest absolute Gasteiger partial charge is 0.269 e. The lowest BCUT2D eigenvalue weighted by Gasteiger charge is -2.12. The van der Waals surface area contributed by atoms with Gasteiger partial charge in [0.2, 0.25) is 0 Å². The number of benzene rings is 3. The zero-order chi connectivity index (χ0) is 20.9. The van der Waals surface area contributed by atoms with Crippen LogP contribution in [0.4, 0.5) is 11.5 Å². The first-order valence-corrected chi connectivity index (χ1v) is 9.94. The Hall–Kier alpha value is -3.49. The van der Waals surface area contributed by atoms with Crippen molar-refractivity contribution >= 4 is 57.5 Å². The fourth-order valence-corrected chi connectivity index (χ4v) is 3.02. The van der Waals surface area contributed by atoms with Crippen molar-refractivity contribution in [1.29, 1.82) is 0 Å². The number of fused-ring (bicyclic) bond motifs is 1. The number of anilines is 2. The molecule has 4 rings (SSSR count). The minimum absolute atomic E-state index is 0.187. The minimum atomic E-state index is -0.309. The van der Waals surface area contributed by atoms with Gasteiger partial charge in [0.1, 0.15) is 10.1 Å². The molecule has 0 atom stereocenters. The molecule has 0 radical (unpaired) electrons. The Bertz CT molecular complexity index is 1210. The van der Waals surface area contributed by atoms with E-state index in [1.54, 1.807) is 12.1 Å². The first-order valence-electron chi connectivity index (χ1n) is 9.09. The number of aromatic nitrogens is 2. The fourth-order valence-electron chi connectivity index (χ4n) is 2.91. The number of hydrogen-bond donors (Lipinski definition) is 4. The predicted octanol–water partition coefficient (Wildman–Crippen LogP) is 4.49. The van der Waals surface area contributed by atoms with E-state index in [2.05, 4.69) is 28.8 Å². The van der Waals surface area contributed by atoms with Gasteiger partial charge in [0.05, 0.1) is 5.52 Å². The second-order valence-electron chi connectivity index (χ2n) is 6.37. The summed E-state index contributed by atoms with van der Waals surface area (Å²) >= 11 is 8.66. The van der Waals surface area contributed by atoms with Gasteiger partial charge in [0.25, 0.3) is 5.91 Å². The van der Waals surface area contributed by atoms with Crippen molar-refractivity contribution in [2.24, 2.45) is 0 Å². The third-order valence-corrected chi connectivity index (χ3v) is 4.54. The highest BCUT2D eigenvalue weighted by Crippen LogP contribution is 2.27. The fraction of sp³-hybridized carbons (Fsp3) is 0. The highest BCUT2D eigenvalue weighted by atomic mass is 32.1. The number of nitrogens with zero attached hydrogens (tertiary/aromatic N) is 2. The van der Waals surface area contributed by atoms with Gasteiger partial charge in [-0.05, 0) is 36.4 Å². The van der Waals surface area contributed by atoms with Crippen LogP contribution >= 0.6 is 24.8 Å². The molecule has 0 aliphatic carbocycles. The molecule has 1 amide bonds. The van der Waals surface area contributed by atoms with Crippen LogP contribution in [0.1, 0.15) is 10.4 Å². The zero-order valence-corrected chi connectivity index (χ0v) is 17.4. The highest BCUT2D eigenvalue weighted by Gasteiger charge is 2.10. The molecule has 8 heteroatoms. The van der Waals surface area contributed by atoms with Gasteiger partial charge in [0, 0.05) is 22.2 Å². The van der Waals surface area contributed by atoms with Crippen molar-refractivity contribution in [2.75, 3.05) is 5.32 Å². The molecule has 0 unspecified atom stereocenters. The van der Waals surface area contributed by atoms with Crippen molar-refractivity contribution in [2.45, 2.75) is 0 Å². The summed E-state index contributed by atoms with van der Waals surface area (Å²) in [5.41, 5.74) is 8.04. The summed E-state index contributed by atoms with van der Waals surface area (Å²) in [6.07, 6.45) is 0. The van der Waals surface area contributed by atoms with Crippen LogP contribution in [0.5, 0.6) is 0 Å². The molecule has 1 aromatic heterocycles. The summed E-state index contributed by atoms with van der Waals surface area (Å²) in [5.74, 6) is 1.03. The molecular formula is C22H17N5OS2. The predicted molar refractivity (Wildman–Crippen MR) is 127 cm³/mol. The second kappa shape index (κ2) is 8.89. The van der Waals surface area contributed by atoms with Gasteiger partial charge in [-0.1, -0.05) is 54.7 Å². The zero-order valence-electron chi connectivity index (χ0n) is 15.7. The van der Waals surface area contributed by atoms with Gasteiger partial charge in [-0.15, -0.1) is 12.6 Å². The largest absolute Gasteiger partial charge is 0.340 e. The lowest BCUT2D eigenvalue weighted by atomic mass is 10.1. The van der Waals surface area contributed by atoms with Crippen molar-refractivity contribution in [3.8, 4) is 11.4 Å². The van der Waals surface area contributed by atoms with Crippen LogP contribution in [0, 0.1) is 0 Å². The molecule has 0 aliphatic heterocycles. The lowest BCUT2D eigenvalue weighted by Crippen LogP contribution is -2.38. The van der Waals surface area contributed by atoms with Gasteiger partial charge in [0.15, 0.2) is 5.82 Å². The first kappa shape index (κ1) is 19.8. The number of thiol groups is 1. The maximum atomic E-state index is 12.1. The van der Waals surface area contributed by atoms with Gasteiger partial charge in [-0.3, -0.25) is 15.6 Å². The molecule has 6 nitrogen and oxygen atoms in total. The van der Waals surface area contributed by atoms with Crippen LogP contribution in [0.25, 0.3) is 22.3 Å².